The third kappa shape index (κ3) is 5.52. The van der Waals surface area contributed by atoms with Crippen LogP contribution in [0.1, 0.15) is 63.4 Å². The normalized spacial score (nSPS) is 20.6. The standard InChI is InChI=1S/C24H37N7/c1-3-25-18-20(2)23(24-26-27-28-31(24)19-21-10-6-4-7-11-21)30-16-14-29(15-17-30)22-12-8-5-9-13-22/h4,6-7,10-11,18,22-23,25H,3,5,8-9,12-17,19H2,1-2H3/b20-18+. The van der Waals surface area contributed by atoms with Crippen LogP contribution in [0.5, 0.6) is 0 Å². The first-order valence-corrected chi connectivity index (χ1v) is 11.9. The number of hydrogen-bond donors (Lipinski definition) is 1. The average Bonchev–Trinajstić information content (AvgIpc) is 3.27. The molecule has 1 atom stereocenters. The molecule has 1 unspecified atom stereocenters. The van der Waals surface area contributed by atoms with Gasteiger partial charge >= 0.3 is 0 Å². The van der Waals surface area contributed by atoms with Crippen molar-refractivity contribution >= 4 is 0 Å². The molecule has 0 bridgehead atoms. The largest absolute Gasteiger partial charge is 0.391 e. The fourth-order valence-corrected chi connectivity index (χ4v) is 5.08. The molecule has 2 fully saturated rings. The Morgan fingerprint density at radius 2 is 1.84 bits per heavy atom. The molecule has 1 saturated carbocycles. The van der Waals surface area contributed by atoms with E-state index in [4.69, 9.17) is 0 Å². The Bertz CT molecular complexity index is 817. The highest BCUT2D eigenvalue weighted by Gasteiger charge is 2.32. The molecule has 2 aromatic rings. The Morgan fingerprint density at radius 3 is 2.55 bits per heavy atom. The van der Waals surface area contributed by atoms with Crippen molar-refractivity contribution in [2.75, 3.05) is 32.7 Å². The summed E-state index contributed by atoms with van der Waals surface area (Å²) >= 11 is 0. The van der Waals surface area contributed by atoms with E-state index in [9.17, 15) is 0 Å². The summed E-state index contributed by atoms with van der Waals surface area (Å²) in [5.74, 6) is 0.932. The summed E-state index contributed by atoms with van der Waals surface area (Å²) < 4.78 is 1.97. The summed E-state index contributed by atoms with van der Waals surface area (Å²) in [5.41, 5.74) is 2.47. The second kappa shape index (κ2) is 10.9. The molecule has 1 aliphatic heterocycles. The van der Waals surface area contributed by atoms with Gasteiger partial charge in [-0.3, -0.25) is 9.80 Å². The van der Waals surface area contributed by atoms with Gasteiger partial charge in [0, 0.05) is 38.8 Å². The molecule has 7 nitrogen and oxygen atoms in total. The fourth-order valence-electron chi connectivity index (χ4n) is 5.08. The van der Waals surface area contributed by atoms with Gasteiger partial charge in [0.15, 0.2) is 5.82 Å². The van der Waals surface area contributed by atoms with E-state index in [2.05, 4.69) is 75.0 Å². The lowest BCUT2D eigenvalue weighted by Crippen LogP contribution is -2.52. The number of nitrogens with one attached hydrogen (secondary N) is 1. The molecule has 7 heteroatoms. The Labute approximate surface area is 186 Å². The summed E-state index contributed by atoms with van der Waals surface area (Å²) in [6, 6.07) is 11.3. The fraction of sp³-hybridized carbons (Fsp3) is 0.625. The summed E-state index contributed by atoms with van der Waals surface area (Å²) in [6.07, 6.45) is 9.09. The third-order valence-electron chi connectivity index (χ3n) is 6.75. The van der Waals surface area contributed by atoms with Gasteiger partial charge in [-0.25, -0.2) is 4.68 Å². The molecular formula is C24H37N7. The number of rotatable bonds is 8. The zero-order valence-electron chi connectivity index (χ0n) is 19.1. The van der Waals surface area contributed by atoms with Crippen LogP contribution in [0, 0.1) is 0 Å². The van der Waals surface area contributed by atoms with Crippen LogP contribution in [0.4, 0.5) is 0 Å². The summed E-state index contributed by atoms with van der Waals surface area (Å²) in [6.45, 7) is 10.3. The molecular weight excluding hydrogens is 386 g/mol. The third-order valence-corrected chi connectivity index (χ3v) is 6.75. The number of nitrogens with zero attached hydrogens (tertiary/aromatic N) is 6. The quantitative estimate of drug-likeness (QED) is 0.703. The molecule has 2 aliphatic rings. The molecule has 168 valence electrons. The Balaban J connectivity index is 1.51. The van der Waals surface area contributed by atoms with Crippen LogP contribution in [0.2, 0.25) is 0 Å². The highest BCUT2D eigenvalue weighted by molar-refractivity contribution is 5.19. The van der Waals surface area contributed by atoms with Crippen molar-refractivity contribution in [3.8, 4) is 0 Å². The van der Waals surface area contributed by atoms with Crippen molar-refractivity contribution in [2.45, 2.75) is 64.6 Å². The van der Waals surface area contributed by atoms with Gasteiger partial charge in [-0.1, -0.05) is 49.6 Å². The lowest BCUT2D eigenvalue weighted by atomic mass is 9.93. The van der Waals surface area contributed by atoms with E-state index in [0.717, 1.165) is 44.6 Å². The maximum atomic E-state index is 4.50. The molecule has 1 N–H and O–H groups in total. The zero-order chi connectivity index (χ0) is 21.5. The molecule has 1 aromatic carbocycles. The van der Waals surface area contributed by atoms with Crippen LogP contribution in [-0.2, 0) is 6.54 Å². The van der Waals surface area contributed by atoms with Gasteiger partial charge in [0.2, 0.25) is 0 Å². The minimum Gasteiger partial charge on any atom is -0.391 e. The predicted octanol–water partition coefficient (Wildman–Crippen LogP) is 3.23. The van der Waals surface area contributed by atoms with E-state index < -0.39 is 0 Å². The van der Waals surface area contributed by atoms with Crippen molar-refractivity contribution in [1.29, 1.82) is 0 Å². The van der Waals surface area contributed by atoms with Crippen LogP contribution < -0.4 is 5.32 Å². The smallest absolute Gasteiger partial charge is 0.173 e. The second-order valence-electron chi connectivity index (χ2n) is 8.89. The summed E-state index contributed by atoms with van der Waals surface area (Å²) in [7, 11) is 0. The molecule has 0 radical (unpaired) electrons. The number of piperazine rings is 1. The number of tetrazole rings is 1. The summed E-state index contributed by atoms with van der Waals surface area (Å²) in [4.78, 5) is 5.29. The number of benzene rings is 1. The van der Waals surface area contributed by atoms with E-state index in [0.29, 0.717) is 6.54 Å². The van der Waals surface area contributed by atoms with Crippen LogP contribution in [0.15, 0.2) is 42.1 Å². The lowest BCUT2D eigenvalue weighted by Gasteiger charge is -2.43. The van der Waals surface area contributed by atoms with Gasteiger partial charge in [-0.05, 0) is 54.5 Å². The Kier molecular flexibility index (Phi) is 7.70. The van der Waals surface area contributed by atoms with Crippen molar-refractivity contribution < 1.29 is 0 Å². The van der Waals surface area contributed by atoms with Gasteiger partial charge in [0.25, 0.3) is 0 Å². The molecule has 1 aliphatic carbocycles. The molecule has 1 aromatic heterocycles. The average molecular weight is 424 g/mol. The van der Waals surface area contributed by atoms with Crippen LogP contribution in [0.3, 0.4) is 0 Å². The van der Waals surface area contributed by atoms with Crippen molar-refractivity contribution in [2.24, 2.45) is 0 Å². The van der Waals surface area contributed by atoms with E-state index in [-0.39, 0.29) is 6.04 Å². The van der Waals surface area contributed by atoms with Crippen molar-refractivity contribution in [3.63, 3.8) is 0 Å². The molecule has 0 amide bonds. The van der Waals surface area contributed by atoms with Crippen LogP contribution in [-0.4, -0.2) is 68.8 Å². The second-order valence-corrected chi connectivity index (χ2v) is 8.89. The first-order chi connectivity index (χ1) is 15.3. The predicted molar refractivity (Wildman–Crippen MR) is 124 cm³/mol. The van der Waals surface area contributed by atoms with Crippen molar-refractivity contribution in [1.82, 2.24) is 35.3 Å². The van der Waals surface area contributed by atoms with Gasteiger partial charge < -0.3 is 5.32 Å². The highest BCUT2D eigenvalue weighted by Crippen LogP contribution is 2.30. The Hall–Kier alpha value is -2.25. The summed E-state index contributed by atoms with van der Waals surface area (Å²) in [5, 5.41) is 16.3. The Morgan fingerprint density at radius 1 is 1.10 bits per heavy atom. The topological polar surface area (TPSA) is 62.1 Å². The number of aromatic nitrogens is 4. The molecule has 31 heavy (non-hydrogen) atoms. The zero-order valence-corrected chi connectivity index (χ0v) is 19.1. The van der Waals surface area contributed by atoms with E-state index in [1.807, 2.05) is 10.7 Å². The minimum absolute atomic E-state index is 0.0891. The minimum atomic E-state index is 0.0891. The van der Waals surface area contributed by atoms with Gasteiger partial charge in [-0.15, -0.1) is 5.10 Å². The lowest BCUT2D eigenvalue weighted by molar-refractivity contribution is 0.0611. The molecule has 2 heterocycles. The van der Waals surface area contributed by atoms with E-state index in [1.165, 1.54) is 43.2 Å². The van der Waals surface area contributed by atoms with Gasteiger partial charge in [0.05, 0.1) is 12.6 Å². The van der Waals surface area contributed by atoms with Gasteiger partial charge in [0.1, 0.15) is 0 Å². The van der Waals surface area contributed by atoms with E-state index >= 15 is 0 Å². The van der Waals surface area contributed by atoms with Crippen LogP contribution >= 0.6 is 0 Å². The maximum absolute atomic E-state index is 4.50. The first-order valence-electron chi connectivity index (χ1n) is 11.9. The molecule has 4 rings (SSSR count). The SMILES string of the molecule is CCN/C=C(\C)C(c1nnnn1Cc1ccccc1)N1CCN(C2CCCCC2)CC1. The molecule has 0 spiro atoms. The first kappa shape index (κ1) is 22.0. The highest BCUT2D eigenvalue weighted by atomic mass is 15.6. The van der Waals surface area contributed by atoms with Crippen LogP contribution in [0.25, 0.3) is 0 Å². The number of hydrogen-bond acceptors (Lipinski definition) is 6. The van der Waals surface area contributed by atoms with Gasteiger partial charge in [-0.2, -0.15) is 0 Å². The molecule has 1 saturated heterocycles. The van der Waals surface area contributed by atoms with Crippen molar-refractivity contribution in [3.05, 3.63) is 53.5 Å². The monoisotopic (exact) mass is 423 g/mol. The van der Waals surface area contributed by atoms with E-state index in [1.54, 1.807) is 0 Å². The maximum Gasteiger partial charge on any atom is 0.173 e.